The maximum absolute atomic E-state index is 12.9. The molecule has 2 N–H and O–H groups in total. The maximum Gasteiger partial charge on any atom is 0.293 e. The highest BCUT2D eigenvalue weighted by atomic mass is 16.5. The Morgan fingerprint density at radius 3 is 2.71 bits per heavy atom. The first-order valence-electron chi connectivity index (χ1n) is 12.0. The van der Waals surface area contributed by atoms with Gasteiger partial charge in [0.1, 0.15) is 23.2 Å². The number of aromatic hydroxyl groups is 1. The molecule has 0 fully saturated rings. The van der Waals surface area contributed by atoms with Crippen LogP contribution in [-0.2, 0) is 22.5 Å². The Morgan fingerprint density at radius 2 is 2.03 bits per heavy atom. The molecule has 3 atom stereocenters. The summed E-state index contributed by atoms with van der Waals surface area (Å²) in [5.41, 5.74) is 3.42. The van der Waals surface area contributed by atoms with E-state index in [9.17, 15) is 19.8 Å². The minimum absolute atomic E-state index is 0.0442. The van der Waals surface area contributed by atoms with Crippen LogP contribution in [-0.4, -0.2) is 51.8 Å². The van der Waals surface area contributed by atoms with Crippen LogP contribution in [0, 0.1) is 0 Å². The van der Waals surface area contributed by atoms with Crippen molar-refractivity contribution in [3.8, 4) is 11.5 Å². The van der Waals surface area contributed by atoms with Gasteiger partial charge in [0.2, 0.25) is 0 Å². The average Bonchev–Trinajstić information content (AvgIpc) is 3.05. The Kier molecular flexibility index (Phi) is 8.08. The zero-order chi connectivity index (χ0) is 25.0. The van der Waals surface area contributed by atoms with Gasteiger partial charge >= 0.3 is 0 Å². The van der Waals surface area contributed by atoms with E-state index in [2.05, 4.69) is 32.9 Å². The number of phenolic OH excluding ortho intramolecular Hbond substituents is 1. The van der Waals surface area contributed by atoms with E-state index < -0.39 is 17.8 Å². The third kappa shape index (κ3) is 5.63. The highest BCUT2D eigenvalue weighted by Gasteiger charge is 2.44. The number of ether oxygens (including phenoxy) is 2. The molecule has 34 heavy (non-hydrogen) atoms. The molecule has 0 spiro atoms. The Labute approximate surface area is 202 Å². The summed E-state index contributed by atoms with van der Waals surface area (Å²) in [6.45, 7) is 10.8. The molecule has 0 aromatic heterocycles. The lowest BCUT2D eigenvalue weighted by Gasteiger charge is -2.40. The minimum atomic E-state index is -0.838. The Morgan fingerprint density at radius 1 is 1.29 bits per heavy atom. The van der Waals surface area contributed by atoms with Crippen molar-refractivity contribution in [2.75, 3.05) is 6.54 Å². The molecule has 0 aliphatic carbocycles. The van der Waals surface area contributed by atoms with Crippen LogP contribution in [0.3, 0.4) is 0 Å². The molecule has 1 aromatic carbocycles. The molecule has 2 heterocycles. The molecular weight excluding hydrogens is 434 g/mol. The number of carbonyl (C=O) groups excluding carboxylic acids is 2. The predicted molar refractivity (Wildman–Crippen MR) is 130 cm³/mol. The van der Waals surface area contributed by atoms with Gasteiger partial charge < -0.3 is 24.6 Å². The summed E-state index contributed by atoms with van der Waals surface area (Å²) >= 11 is 0. The molecule has 0 saturated carbocycles. The summed E-state index contributed by atoms with van der Waals surface area (Å²) < 4.78 is 11.3. The molecule has 3 rings (SSSR count). The fraction of sp³-hybridized carbons (Fsp3) is 0.556. The Bertz CT molecular complexity index is 993. The number of benzene rings is 1. The summed E-state index contributed by atoms with van der Waals surface area (Å²) in [5, 5.41) is 21.5. The highest BCUT2D eigenvalue weighted by Crippen LogP contribution is 2.46. The standard InChI is InChI=1S/C27H37NO6/c1-17(2)8-6-9-18(3)10-7-11-27(5)24(31)13-21-23(30)12-20-22(25(21)34-27)15-28(26(20)32)14-19(4)33-16-29/h8,10,12,16,19,24,30-31H,6-7,9,11,13-15H2,1-5H3/t19?,24-,27-/m0/s1. The number of fused-ring (bicyclic) bond motifs is 3. The summed E-state index contributed by atoms with van der Waals surface area (Å²) in [7, 11) is 0. The van der Waals surface area contributed by atoms with Gasteiger partial charge in [0, 0.05) is 17.5 Å². The molecule has 7 heteroatoms. The molecule has 2 aliphatic heterocycles. The van der Waals surface area contributed by atoms with Crippen molar-refractivity contribution >= 4 is 12.4 Å². The summed E-state index contributed by atoms with van der Waals surface area (Å²) in [6.07, 6.45) is 6.84. The number of aliphatic hydroxyl groups is 1. The van der Waals surface area contributed by atoms with E-state index in [1.165, 1.54) is 17.2 Å². The van der Waals surface area contributed by atoms with Gasteiger partial charge in [-0.2, -0.15) is 0 Å². The number of allylic oxidation sites excluding steroid dienone is 4. The second-order valence-corrected chi connectivity index (χ2v) is 10.0. The van der Waals surface area contributed by atoms with Crippen LogP contribution in [0.15, 0.2) is 29.4 Å². The first-order valence-corrected chi connectivity index (χ1v) is 12.0. The SMILES string of the molecule is CC(C)=CCCC(C)=CCC[C@]1(C)Oc2c(c(O)cc3c2CN(CC(C)OC=O)C3=O)C[C@@H]1O. The van der Waals surface area contributed by atoms with Gasteiger partial charge in [-0.1, -0.05) is 23.3 Å². The Balaban J connectivity index is 1.77. The highest BCUT2D eigenvalue weighted by molar-refractivity contribution is 6.00. The molecule has 2 aliphatic rings. The fourth-order valence-corrected chi connectivity index (χ4v) is 4.65. The molecule has 1 amide bonds. The van der Waals surface area contributed by atoms with Crippen LogP contribution in [0.2, 0.25) is 0 Å². The zero-order valence-electron chi connectivity index (χ0n) is 20.9. The molecule has 0 bridgehead atoms. The number of nitrogens with zero attached hydrogens (tertiary/aromatic N) is 1. The number of aliphatic hydroxyl groups excluding tert-OH is 1. The number of hydrogen-bond donors (Lipinski definition) is 2. The molecule has 0 radical (unpaired) electrons. The van der Waals surface area contributed by atoms with Crippen molar-refractivity contribution in [1.29, 1.82) is 0 Å². The quantitative estimate of drug-likeness (QED) is 0.387. The number of carbonyl (C=O) groups is 2. The van der Waals surface area contributed by atoms with Crippen LogP contribution in [0.5, 0.6) is 11.5 Å². The van der Waals surface area contributed by atoms with Crippen molar-refractivity contribution < 1.29 is 29.3 Å². The molecule has 1 aromatic rings. The Hall–Kier alpha value is -2.80. The monoisotopic (exact) mass is 471 g/mol. The van der Waals surface area contributed by atoms with Crippen LogP contribution in [0.4, 0.5) is 0 Å². The third-order valence-corrected chi connectivity index (χ3v) is 6.76. The smallest absolute Gasteiger partial charge is 0.293 e. The average molecular weight is 472 g/mol. The van der Waals surface area contributed by atoms with Gasteiger partial charge in [-0.15, -0.1) is 0 Å². The third-order valence-electron chi connectivity index (χ3n) is 6.76. The molecule has 0 saturated heterocycles. The lowest BCUT2D eigenvalue weighted by Crippen LogP contribution is -2.49. The van der Waals surface area contributed by atoms with Crippen LogP contribution < -0.4 is 4.74 Å². The van der Waals surface area contributed by atoms with Crippen molar-refractivity contribution in [3.63, 3.8) is 0 Å². The van der Waals surface area contributed by atoms with E-state index in [0.717, 1.165) is 19.3 Å². The van der Waals surface area contributed by atoms with Crippen molar-refractivity contribution in [2.45, 2.75) is 91.1 Å². The number of rotatable bonds is 10. The lowest BCUT2D eigenvalue weighted by molar-refractivity contribution is -0.133. The van der Waals surface area contributed by atoms with E-state index >= 15 is 0 Å². The van der Waals surface area contributed by atoms with Gasteiger partial charge in [-0.3, -0.25) is 9.59 Å². The van der Waals surface area contributed by atoms with E-state index in [-0.39, 0.29) is 24.6 Å². The molecule has 7 nitrogen and oxygen atoms in total. The largest absolute Gasteiger partial charge is 0.508 e. The van der Waals surface area contributed by atoms with Gasteiger partial charge in [0.15, 0.2) is 0 Å². The van der Waals surface area contributed by atoms with E-state index in [0.29, 0.717) is 41.9 Å². The van der Waals surface area contributed by atoms with E-state index in [4.69, 9.17) is 9.47 Å². The van der Waals surface area contributed by atoms with Gasteiger partial charge in [-0.25, -0.2) is 0 Å². The summed E-state index contributed by atoms with van der Waals surface area (Å²) in [5.74, 6) is 0.213. The van der Waals surface area contributed by atoms with Crippen molar-refractivity contribution in [1.82, 2.24) is 4.90 Å². The minimum Gasteiger partial charge on any atom is -0.508 e. The first-order chi connectivity index (χ1) is 16.1. The topological polar surface area (TPSA) is 96.3 Å². The fourth-order valence-electron chi connectivity index (χ4n) is 4.65. The zero-order valence-corrected chi connectivity index (χ0v) is 20.9. The van der Waals surface area contributed by atoms with Crippen LogP contribution in [0.1, 0.15) is 81.8 Å². The van der Waals surface area contributed by atoms with Gasteiger partial charge in [-0.05, 0) is 66.4 Å². The van der Waals surface area contributed by atoms with E-state index in [1.807, 2.05) is 6.92 Å². The number of amides is 1. The number of phenols is 1. The van der Waals surface area contributed by atoms with Crippen molar-refractivity contribution in [2.24, 2.45) is 0 Å². The molecule has 186 valence electrons. The second kappa shape index (κ2) is 10.6. The van der Waals surface area contributed by atoms with E-state index in [1.54, 1.807) is 11.8 Å². The molecular formula is C27H37NO6. The maximum atomic E-state index is 12.9. The first kappa shape index (κ1) is 25.8. The van der Waals surface area contributed by atoms with Crippen LogP contribution >= 0.6 is 0 Å². The predicted octanol–water partition coefficient (Wildman–Crippen LogP) is 4.44. The number of hydrogen-bond acceptors (Lipinski definition) is 6. The normalized spacial score (nSPS) is 22.5. The van der Waals surface area contributed by atoms with Gasteiger partial charge in [0.25, 0.3) is 12.4 Å². The second-order valence-electron chi connectivity index (χ2n) is 10.0. The van der Waals surface area contributed by atoms with Crippen LogP contribution in [0.25, 0.3) is 0 Å². The lowest BCUT2D eigenvalue weighted by atomic mass is 9.84. The van der Waals surface area contributed by atoms with Crippen molar-refractivity contribution in [3.05, 3.63) is 46.1 Å². The molecule has 1 unspecified atom stereocenters. The van der Waals surface area contributed by atoms with Gasteiger partial charge in [0.05, 0.1) is 24.8 Å². The summed E-state index contributed by atoms with van der Waals surface area (Å²) in [6, 6.07) is 1.46. The summed E-state index contributed by atoms with van der Waals surface area (Å²) in [4.78, 5) is 25.1.